The minimum Gasteiger partial charge on any atom is -0.497 e. The normalized spacial score (nSPS) is 16.2. The molecule has 0 aliphatic carbocycles. The molecule has 1 aliphatic heterocycles. The van der Waals surface area contributed by atoms with Gasteiger partial charge in [-0.25, -0.2) is 4.68 Å². The van der Waals surface area contributed by atoms with Crippen LogP contribution in [0.1, 0.15) is 23.2 Å². The number of para-hydroxylation sites is 1. The highest BCUT2D eigenvalue weighted by atomic mass is 16.5. The van der Waals surface area contributed by atoms with Crippen LogP contribution < -0.4 is 15.4 Å². The molecule has 0 bridgehead atoms. The second-order valence-corrected chi connectivity index (χ2v) is 6.91. The maximum Gasteiger partial charge on any atom is 0.255 e. The van der Waals surface area contributed by atoms with E-state index >= 15 is 0 Å². The molecule has 29 heavy (non-hydrogen) atoms. The third-order valence-electron chi connectivity index (χ3n) is 4.94. The molecule has 2 aromatic carbocycles. The van der Waals surface area contributed by atoms with E-state index in [1.165, 1.54) is 0 Å². The molecule has 7 nitrogen and oxygen atoms in total. The maximum atomic E-state index is 13.1. The molecule has 1 fully saturated rings. The van der Waals surface area contributed by atoms with Gasteiger partial charge in [-0.3, -0.25) is 9.59 Å². The van der Waals surface area contributed by atoms with Crippen LogP contribution in [0.3, 0.4) is 0 Å². The molecule has 1 aromatic heterocycles. The smallest absolute Gasteiger partial charge is 0.255 e. The first kappa shape index (κ1) is 18.7. The van der Waals surface area contributed by atoms with Crippen LogP contribution in [0.25, 0.3) is 16.9 Å². The number of piperidine rings is 1. The van der Waals surface area contributed by atoms with E-state index in [-0.39, 0.29) is 17.9 Å². The fourth-order valence-corrected chi connectivity index (χ4v) is 3.33. The highest BCUT2D eigenvalue weighted by Crippen LogP contribution is 2.26. The van der Waals surface area contributed by atoms with Crippen molar-refractivity contribution in [1.29, 1.82) is 0 Å². The Kier molecular flexibility index (Phi) is 5.29. The predicted molar refractivity (Wildman–Crippen MR) is 109 cm³/mol. The Morgan fingerprint density at radius 3 is 2.59 bits per heavy atom. The van der Waals surface area contributed by atoms with Gasteiger partial charge in [-0.2, -0.15) is 5.10 Å². The van der Waals surface area contributed by atoms with E-state index < -0.39 is 0 Å². The average molecular weight is 390 g/mol. The minimum atomic E-state index is -0.209. The molecule has 0 radical (unpaired) electrons. The predicted octanol–water partition coefficient (Wildman–Crippen LogP) is 2.56. The number of aromatic nitrogens is 2. The molecule has 0 saturated carbocycles. The molecule has 1 aliphatic rings. The lowest BCUT2D eigenvalue weighted by molar-refractivity contribution is -0.122. The molecule has 3 aromatic rings. The summed E-state index contributed by atoms with van der Waals surface area (Å²) in [6.07, 6.45) is 2.79. The monoisotopic (exact) mass is 390 g/mol. The van der Waals surface area contributed by atoms with Gasteiger partial charge in [0, 0.05) is 30.8 Å². The third-order valence-corrected chi connectivity index (χ3v) is 4.94. The number of carbonyl (C=O) groups is 2. The van der Waals surface area contributed by atoms with Crippen LogP contribution in [0.2, 0.25) is 0 Å². The quantitative estimate of drug-likeness (QED) is 0.701. The lowest BCUT2D eigenvalue weighted by Gasteiger charge is -2.23. The molecule has 1 atom stereocenters. The van der Waals surface area contributed by atoms with Crippen molar-refractivity contribution in [2.45, 2.75) is 18.9 Å². The van der Waals surface area contributed by atoms with Crippen molar-refractivity contribution < 1.29 is 14.3 Å². The van der Waals surface area contributed by atoms with Crippen LogP contribution in [0.5, 0.6) is 5.75 Å². The SMILES string of the molecule is COc1ccc(-c2nn(-c3ccccc3)cc2C(=O)NC2CCC(=O)NC2)cc1. The van der Waals surface area contributed by atoms with E-state index in [9.17, 15) is 9.59 Å². The van der Waals surface area contributed by atoms with Crippen molar-refractivity contribution in [2.24, 2.45) is 0 Å². The van der Waals surface area contributed by atoms with Gasteiger partial charge in [-0.05, 0) is 42.8 Å². The van der Waals surface area contributed by atoms with Gasteiger partial charge in [-0.1, -0.05) is 18.2 Å². The van der Waals surface area contributed by atoms with E-state index in [2.05, 4.69) is 15.7 Å². The Morgan fingerprint density at radius 1 is 1.17 bits per heavy atom. The number of nitrogens with one attached hydrogen (secondary N) is 2. The Hall–Kier alpha value is -3.61. The standard InChI is InChI=1S/C22H22N4O3/c1-29-18-10-7-15(8-11-18)21-19(14-26(25-21)17-5-3-2-4-6-17)22(28)24-16-9-12-20(27)23-13-16/h2-8,10-11,14,16H,9,12-13H2,1H3,(H,23,27)(H,24,28). The zero-order chi connectivity index (χ0) is 20.2. The Bertz CT molecular complexity index is 1000. The summed E-state index contributed by atoms with van der Waals surface area (Å²) in [6.45, 7) is 0.440. The van der Waals surface area contributed by atoms with Crippen molar-refractivity contribution in [3.05, 3.63) is 66.4 Å². The largest absolute Gasteiger partial charge is 0.497 e. The van der Waals surface area contributed by atoms with Crippen LogP contribution in [-0.2, 0) is 4.79 Å². The zero-order valence-electron chi connectivity index (χ0n) is 16.1. The van der Waals surface area contributed by atoms with Crippen LogP contribution in [0.15, 0.2) is 60.8 Å². The van der Waals surface area contributed by atoms with E-state index in [0.717, 1.165) is 17.0 Å². The second kappa shape index (κ2) is 8.18. The number of rotatable bonds is 5. The van der Waals surface area contributed by atoms with Gasteiger partial charge in [0.15, 0.2) is 0 Å². The number of nitrogens with zero attached hydrogens (tertiary/aromatic N) is 2. The molecule has 2 amide bonds. The molecule has 1 saturated heterocycles. The molecule has 2 heterocycles. The molecule has 7 heteroatoms. The zero-order valence-corrected chi connectivity index (χ0v) is 16.1. The van der Waals surface area contributed by atoms with E-state index in [1.807, 2.05) is 54.6 Å². The first-order chi connectivity index (χ1) is 14.1. The number of hydrogen-bond donors (Lipinski definition) is 2. The van der Waals surface area contributed by atoms with Gasteiger partial charge >= 0.3 is 0 Å². The van der Waals surface area contributed by atoms with Gasteiger partial charge in [0.2, 0.25) is 5.91 Å². The summed E-state index contributed by atoms with van der Waals surface area (Å²) in [7, 11) is 1.61. The van der Waals surface area contributed by atoms with E-state index in [4.69, 9.17) is 4.74 Å². The fraction of sp³-hybridized carbons (Fsp3) is 0.227. The van der Waals surface area contributed by atoms with Crippen LogP contribution in [-0.4, -0.2) is 41.3 Å². The van der Waals surface area contributed by atoms with Gasteiger partial charge in [0.05, 0.1) is 18.4 Å². The fourth-order valence-electron chi connectivity index (χ4n) is 3.33. The van der Waals surface area contributed by atoms with E-state index in [0.29, 0.717) is 30.6 Å². The first-order valence-corrected chi connectivity index (χ1v) is 9.51. The summed E-state index contributed by atoms with van der Waals surface area (Å²) in [6, 6.07) is 17.0. The van der Waals surface area contributed by atoms with Crippen LogP contribution >= 0.6 is 0 Å². The topological polar surface area (TPSA) is 85.2 Å². The number of hydrogen-bond acceptors (Lipinski definition) is 4. The molecule has 148 valence electrons. The lowest BCUT2D eigenvalue weighted by Crippen LogP contribution is -2.47. The van der Waals surface area contributed by atoms with Crippen LogP contribution in [0.4, 0.5) is 0 Å². The minimum absolute atomic E-state index is 0.0197. The van der Waals surface area contributed by atoms with Crippen molar-refractivity contribution in [2.75, 3.05) is 13.7 Å². The summed E-state index contributed by atoms with van der Waals surface area (Å²) >= 11 is 0. The van der Waals surface area contributed by atoms with Gasteiger partial charge in [-0.15, -0.1) is 0 Å². The summed E-state index contributed by atoms with van der Waals surface area (Å²) in [4.78, 5) is 24.4. The summed E-state index contributed by atoms with van der Waals surface area (Å²) in [5.74, 6) is 0.547. The maximum absolute atomic E-state index is 13.1. The molecule has 0 spiro atoms. The molecule has 4 rings (SSSR count). The molecule has 2 N–H and O–H groups in total. The van der Waals surface area contributed by atoms with E-state index in [1.54, 1.807) is 18.0 Å². The Balaban J connectivity index is 1.67. The van der Waals surface area contributed by atoms with Gasteiger partial charge in [0.1, 0.15) is 11.4 Å². The highest BCUT2D eigenvalue weighted by molar-refractivity contribution is 6.00. The average Bonchev–Trinajstić information content (AvgIpc) is 3.22. The molecular weight excluding hydrogens is 368 g/mol. The molecular formula is C22H22N4O3. The number of carbonyl (C=O) groups excluding carboxylic acids is 2. The highest BCUT2D eigenvalue weighted by Gasteiger charge is 2.24. The van der Waals surface area contributed by atoms with Crippen LogP contribution in [0, 0.1) is 0 Å². The summed E-state index contributed by atoms with van der Waals surface area (Å²) in [5, 5.41) is 10.5. The summed E-state index contributed by atoms with van der Waals surface area (Å²) < 4.78 is 6.93. The van der Waals surface area contributed by atoms with Crippen molar-refractivity contribution in [3.63, 3.8) is 0 Å². The second-order valence-electron chi connectivity index (χ2n) is 6.91. The Labute approximate surface area is 168 Å². The van der Waals surface area contributed by atoms with Crippen molar-refractivity contribution in [3.8, 4) is 22.7 Å². The third kappa shape index (κ3) is 4.13. The van der Waals surface area contributed by atoms with Gasteiger partial charge < -0.3 is 15.4 Å². The number of amides is 2. The number of benzene rings is 2. The number of ether oxygens (including phenoxy) is 1. The Morgan fingerprint density at radius 2 is 1.93 bits per heavy atom. The van der Waals surface area contributed by atoms with Crippen molar-refractivity contribution >= 4 is 11.8 Å². The first-order valence-electron chi connectivity index (χ1n) is 9.51. The summed E-state index contributed by atoms with van der Waals surface area (Å²) in [5.41, 5.74) is 2.76. The van der Waals surface area contributed by atoms with Crippen molar-refractivity contribution in [1.82, 2.24) is 20.4 Å². The lowest BCUT2D eigenvalue weighted by atomic mass is 10.0. The molecule has 1 unspecified atom stereocenters. The van der Waals surface area contributed by atoms with Gasteiger partial charge in [0.25, 0.3) is 5.91 Å². The number of methoxy groups -OCH3 is 1.